The highest BCUT2D eigenvalue weighted by Crippen LogP contribution is 2.40. The van der Waals surface area contributed by atoms with Crippen molar-refractivity contribution in [1.29, 1.82) is 0 Å². The van der Waals surface area contributed by atoms with E-state index in [4.69, 9.17) is 11.2 Å². The molecule has 27 heavy (non-hydrogen) atoms. The lowest BCUT2D eigenvalue weighted by Gasteiger charge is -2.42. The van der Waals surface area contributed by atoms with Gasteiger partial charge in [0, 0.05) is 0 Å². The maximum absolute atomic E-state index is 12.1. The zero-order chi connectivity index (χ0) is 20.1. The van der Waals surface area contributed by atoms with Gasteiger partial charge in [-0.25, -0.2) is 0 Å². The smallest absolute Gasteiger partial charge is 0.258 e. The number of hydrogen-bond acceptors (Lipinski definition) is 2. The predicted octanol–water partition coefficient (Wildman–Crippen LogP) is 4.12. The number of rotatable bonds is 7. The van der Waals surface area contributed by atoms with Crippen LogP contribution in [0.5, 0.6) is 0 Å². The molecule has 0 bridgehead atoms. The van der Waals surface area contributed by atoms with Gasteiger partial charge in [0.15, 0.2) is 0 Å². The summed E-state index contributed by atoms with van der Waals surface area (Å²) in [6.45, 7) is 10.4. The van der Waals surface area contributed by atoms with Gasteiger partial charge in [-0.15, -0.1) is 6.42 Å². The van der Waals surface area contributed by atoms with Crippen LogP contribution in [0.15, 0.2) is 60.7 Å². The average molecular weight is 381 g/mol. The van der Waals surface area contributed by atoms with Crippen LogP contribution in [0.4, 0.5) is 0 Å². The van der Waals surface area contributed by atoms with Crippen molar-refractivity contribution in [2.45, 2.75) is 64.2 Å². The molecule has 0 spiro atoms. The van der Waals surface area contributed by atoms with Crippen LogP contribution >= 0.6 is 0 Å². The lowest BCUT2D eigenvalue weighted by molar-refractivity contribution is -0.0381. The van der Waals surface area contributed by atoms with Crippen LogP contribution < -0.4 is 10.4 Å². The molecular weight excluding hydrogens is 348 g/mol. The molecule has 0 fully saturated rings. The summed E-state index contributed by atoms with van der Waals surface area (Å²) in [5.41, 5.74) is -0.284. The Bertz CT molecular complexity index is 715. The lowest BCUT2D eigenvalue weighted by atomic mass is 10.0. The topological polar surface area (TPSA) is 29.5 Å². The van der Waals surface area contributed by atoms with Crippen molar-refractivity contribution in [1.82, 2.24) is 0 Å². The molecule has 0 unspecified atom stereocenters. The summed E-state index contributed by atoms with van der Waals surface area (Å²) in [6, 6.07) is 20.2. The van der Waals surface area contributed by atoms with Gasteiger partial charge in [-0.2, -0.15) is 0 Å². The first kappa shape index (κ1) is 21.4. The van der Waals surface area contributed by atoms with E-state index in [1.54, 1.807) is 0 Å². The highest BCUT2D eigenvalue weighted by atomic mass is 28.4. The fourth-order valence-corrected chi connectivity index (χ4v) is 7.33. The third-order valence-electron chi connectivity index (χ3n) is 5.08. The fourth-order valence-electron chi connectivity index (χ4n) is 3.58. The summed E-state index contributed by atoms with van der Waals surface area (Å²) in [7, 11) is -2.99. The van der Waals surface area contributed by atoms with Crippen molar-refractivity contribution in [3.8, 4) is 12.3 Å². The van der Waals surface area contributed by atoms with Gasteiger partial charge in [-0.1, -0.05) is 80.4 Å². The highest BCUT2D eigenvalue weighted by molar-refractivity contribution is 6.98. The first-order valence-electron chi connectivity index (χ1n) is 9.57. The molecule has 0 aliphatic carbocycles. The Morgan fingerprint density at radius 3 is 1.74 bits per heavy atom. The molecule has 2 rings (SSSR count). The lowest BCUT2D eigenvalue weighted by Crippen LogP contribution is -2.65. The van der Waals surface area contributed by atoms with E-state index in [0.29, 0.717) is 0 Å². The minimum atomic E-state index is -2.99. The van der Waals surface area contributed by atoms with Gasteiger partial charge in [0.1, 0.15) is 6.10 Å². The van der Waals surface area contributed by atoms with Crippen LogP contribution in [0.2, 0.25) is 5.04 Å². The van der Waals surface area contributed by atoms with Crippen molar-refractivity contribution in [3.63, 3.8) is 0 Å². The van der Waals surface area contributed by atoms with Crippen LogP contribution in [0.3, 0.4) is 0 Å². The van der Waals surface area contributed by atoms with E-state index < -0.39 is 8.32 Å². The van der Waals surface area contributed by atoms with Crippen molar-refractivity contribution >= 4 is 18.7 Å². The van der Waals surface area contributed by atoms with Gasteiger partial charge in [-0.3, -0.25) is 0 Å². The normalized spacial score (nSPS) is 13.8. The Morgan fingerprint density at radius 2 is 1.37 bits per heavy atom. The minimum absolute atomic E-state index is 0.255. The Balaban J connectivity index is 2.36. The largest absolute Gasteiger partial charge is 0.424 e. The predicted molar refractivity (Wildman–Crippen MR) is 117 cm³/mol. The van der Waals surface area contributed by atoms with Gasteiger partial charge in [0.2, 0.25) is 0 Å². The fraction of sp³-hybridized carbons (Fsp3) is 0.417. The van der Waals surface area contributed by atoms with Crippen LogP contribution in [0.1, 0.15) is 47.5 Å². The van der Waals surface area contributed by atoms with Gasteiger partial charge in [0.05, 0.1) is 5.60 Å². The zero-order valence-corrected chi connectivity index (χ0v) is 18.2. The highest BCUT2D eigenvalue weighted by Gasteiger charge is 2.49. The molecule has 0 amide bonds. The second-order valence-electron chi connectivity index (χ2n) is 8.75. The molecule has 0 saturated carbocycles. The second kappa shape index (κ2) is 8.44. The summed E-state index contributed by atoms with van der Waals surface area (Å²) in [6.07, 6.45) is 6.96. The molecule has 2 nitrogen and oxygen atoms in total. The molecule has 2 aromatic carbocycles. The first-order valence-corrected chi connectivity index (χ1v) is 11.5. The van der Waals surface area contributed by atoms with Gasteiger partial charge in [-0.05, 0) is 49.0 Å². The number of hydrogen-bond donors (Lipinski definition) is 1. The minimum Gasteiger partial charge on any atom is -0.424 e. The van der Waals surface area contributed by atoms with E-state index in [0.717, 1.165) is 23.2 Å². The Kier molecular flexibility index (Phi) is 6.70. The maximum Gasteiger partial charge on any atom is 0.258 e. The van der Waals surface area contributed by atoms with Crippen molar-refractivity contribution in [2.24, 2.45) is 0 Å². The van der Waals surface area contributed by atoms with E-state index in [1.807, 2.05) is 81.4 Å². The molecule has 0 heterocycles. The van der Waals surface area contributed by atoms with Crippen LogP contribution in [-0.4, -0.2) is 24.8 Å². The number of benzene rings is 2. The molecule has 0 saturated heterocycles. The second-order valence-corrected chi connectivity index (χ2v) is 12.7. The molecule has 0 aromatic heterocycles. The van der Waals surface area contributed by atoms with Crippen LogP contribution in [-0.2, 0) is 4.74 Å². The standard InChI is InChI=1S/C24H32O2Si/c1-7-20(26-23(2,3)4)18-19-24(5,6)27(25,21-14-10-8-11-15-21)22-16-12-9-13-17-22/h1,8-17,20,25H,18-19H2,2-6H3/t20-/m0/s1. The molecule has 0 aliphatic heterocycles. The van der Waals surface area contributed by atoms with E-state index in [-0.39, 0.29) is 16.7 Å². The third kappa shape index (κ3) is 5.10. The quantitative estimate of drug-likeness (QED) is 0.578. The van der Waals surface area contributed by atoms with E-state index in [9.17, 15) is 4.80 Å². The molecule has 0 aliphatic rings. The molecule has 1 atom stereocenters. The molecule has 0 radical (unpaired) electrons. The molecule has 2 aromatic rings. The average Bonchev–Trinajstić information content (AvgIpc) is 2.65. The summed E-state index contributed by atoms with van der Waals surface area (Å²) in [5, 5.41) is 1.73. The SMILES string of the molecule is C#C[C@@H](CCC(C)(C)[Si](O)(c1ccccc1)c1ccccc1)OC(C)(C)C. The van der Waals surface area contributed by atoms with Crippen LogP contribution in [0, 0.1) is 12.3 Å². The van der Waals surface area contributed by atoms with Gasteiger partial charge in [0.25, 0.3) is 8.32 Å². The Morgan fingerprint density at radius 1 is 0.926 bits per heavy atom. The van der Waals surface area contributed by atoms with Crippen LogP contribution in [0.25, 0.3) is 0 Å². The van der Waals surface area contributed by atoms with Crippen molar-refractivity contribution in [2.75, 3.05) is 0 Å². The van der Waals surface area contributed by atoms with Crippen molar-refractivity contribution in [3.05, 3.63) is 60.7 Å². The summed E-state index contributed by atoms with van der Waals surface area (Å²) < 4.78 is 6.00. The Labute approximate surface area is 165 Å². The van der Waals surface area contributed by atoms with Gasteiger partial charge >= 0.3 is 0 Å². The summed E-state index contributed by atoms with van der Waals surface area (Å²) in [4.78, 5) is 12.1. The Hall–Kier alpha value is -1.86. The van der Waals surface area contributed by atoms with Crippen molar-refractivity contribution < 1.29 is 9.53 Å². The first-order chi connectivity index (χ1) is 12.6. The van der Waals surface area contributed by atoms with Gasteiger partial charge < -0.3 is 9.53 Å². The molecular formula is C24H32O2Si. The van der Waals surface area contributed by atoms with E-state index >= 15 is 0 Å². The molecule has 3 heteroatoms. The maximum atomic E-state index is 12.1. The van der Waals surface area contributed by atoms with E-state index in [1.165, 1.54) is 0 Å². The third-order valence-corrected chi connectivity index (χ3v) is 9.62. The zero-order valence-electron chi connectivity index (χ0n) is 17.2. The number of ether oxygens (including phenoxy) is 1. The summed E-state index contributed by atoms with van der Waals surface area (Å²) >= 11 is 0. The molecule has 1 N–H and O–H groups in total. The molecule has 144 valence electrons. The number of terminal acetylenes is 1. The summed E-state index contributed by atoms with van der Waals surface area (Å²) in [5.74, 6) is 2.77. The van der Waals surface area contributed by atoms with E-state index in [2.05, 4.69) is 19.8 Å². The monoisotopic (exact) mass is 380 g/mol.